The minimum atomic E-state index is -1.41. The Morgan fingerprint density at radius 1 is 1.27 bits per heavy atom. The highest BCUT2D eigenvalue weighted by molar-refractivity contribution is 7.09. The summed E-state index contributed by atoms with van der Waals surface area (Å²) in [6.07, 6.45) is -0.0717. The Balaban J connectivity index is 1.88. The number of ketones is 2. The number of aromatic nitrogens is 1. The van der Waals surface area contributed by atoms with Gasteiger partial charge in [0.15, 0.2) is 0 Å². The molecule has 0 saturated carbocycles. The van der Waals surface area contributed by atoms with Crippen LogP contribution >= 0.6 is 11.3 Å². The second-order valence-electron chi connectivity index (χ2n) is 11.2. The number of carboxylic acid groups (broad SMARTS) is 1. The van der Waals surface area contributed by atoms with Crippen molar-refractivity contribution in [2.45, 2.75) is 104 Å². The van der Waals surface area contributed by atoms with Crippen molar-refractivity contribution in [3.63, 3.8) is 0 Å². The molecular formula is C27H42N2O7S. The number of rotatable bonds is 15. The van der Waals surface area contributed by atoms with E-state index in [9.17, 15) is 24.6 Å². The molecule has 5 N–H and O–H groups in total. The monoisotopic (exact) mass is 538 g/mol. The maximum atomic E-state index is 12.9. The van der Waals surface area contributed by atoms with Crippen LogP contribution in [0.3, 0.4) is 0 Å². The van der Waals surface area contributed by atoms with E-state index in [1.54, 1.807) is 18.3 Å². The number of thiazole rings is 1. The molecule has 208 valence electrons. The van der Waals surface area contributed by atoms with E-state index in [4.69, 9.17) is 15.6 Å². The van der Waals surface area contributed by atoms with Crippen molar-refractivity contribution >= 4 is 34.9 Å². The Bertz CT molecular complexity index is 1020. The Hall–Kier alpha value is -1.98. The summed E-state index contributed by atoms with van der Waals surface area (Å²) >= 11 is 1.58. The maximum absolute atomic E-state index is 12.9. The van der Waals surface area contributed by atoms with Crippen LogP contribution in [-0.2, 0) is 19.1 Å². The van der Waals surface area contributed by atoms with Crippen LogP contribution in [0, 0.1) is 24.2 Å². The van der Waals surface area contributed by atoms with E-state index in [-0.39, 0.29) is 24.3 Å². The average Bonchev–Trinajstić information content (AvgIpc) is 3.26. The van der Waals surface area contributed by atoms with E-state index >= 15 is 0 Å². The molecule has 0 bridgehead atoms. The fourth-order valence-electron chi connectivity index (χ4n) is 4.56. The third-order valence-corrected chi connectivity index (χ3v) is 8.54. The van der Waals surface area contributed by atoms with Crippen LogP contribution in [0.1, 0.15) is 77.9 Å². The molecule has 1 aliphatic heterocycles. The van der Waals surface area contributed by atoms with Crippen molar-refractivity contribution in [1.82, 2.24) is 4.98 Å². The number of aliphatic hydroxyl groups excluding tert-OH is 2. The third kappa shape index (κ3) is 8.00. The number of nitrogens with zero attached hydrogens (tertiary/aromatic N) is 1. The second-order valence-corrected chi connectivity index (χ2v) is 12.2. The molecule has 9 nitrogen and oxygen atoms in total. The number of hydrogen-bond acceptors (Lipinski definition) is 9. The van der Waals surface area contributed by atoms with E-state index in [2.05, 4.69) is 4.98 Å². The molecule has 2 rings (SSSR count). The summed E-state index contributed by atoms with van der Waals surface area (Å²) in [5.41, 5.74) is 6.41. The zero-order valence-corrected chi connectivity index (χ0v) is 23.7. The molecule has 1 aliphatic rings. The topological polar surface area (TPSA) is 163 Å². The summed E-state index contributed by atoms with van der Waals surface area (Å²) < 4.78 is 5.89. The number of nitrogens with two attached hydrogens (primary N) is 1. The quantitative estimate of drug-likeness (QED) is 0.246. The molecule has 0 aliphatic carbocycles. The molecule has 7 atom stereocenters. The summed E-state index contributed by atoms with van der Waals surface area (Å²) in [7, 11) is 0. The minimum absolute atomic E-state index is 0.0759. The number of Topliss-reactive ketones (excluding diaryl/α,β-unsaturated/α-hetero) is 2. The van der Waals surface area contributed by atoms with Crippen LogP contribution in [0.25, 0.3) is 6.08 Å². The molecule has 0 radical (unpaired) electrons. The highest BCUT2D eigenvalue weighted by Gasteiger charge is 2.52. The number of carbonyl (C=O) groups excluding carboxylic acids is 2. The van der Waals surface area contributed by atoms with Gasteiger partial charge in [0.25, 0.3) is 0 Å². The van der Waals surface area contributed by atoms with Crippen LogP contribution in [-0.4, -0.2) is 67.8 Å². The van der Waals surface area contributed by atoms with Crippen LogP contribution in [0.5, 0.6) is 0 Å². The lowest BCUT2D eigenvalue weighted by Gasteiger charge is -2.33. The largest absolute Gasteiger partial charge is 0.481 e. The first-order chi connectivity index (χ1) is 17.0. The van der Waals surface area contributed by atoms with E-state index in [0.29, 0.717) is 12.8 Å². The molecule has 1 aromatic heterocycles. The first-order valence-electron chi connectivity index (χ1n) is 12.7. The number of carboxylic acids is 1. The second kappa shape index (κ2) is 12.3. The Kier molecular flexibility index (Phi) is 10.3. The molecule has 1 aromatic rings. The van der Waals surface area contributed by atoms with E-state index in [1.807, 2.05) is 32.2 Å². The van der Waals surface area contributed by atoms with Crippen LogP contribution in [0.4, 0.5) is 0 Å². The third-order valence-electron chi connectivity index (χ3n) is 7.75. The number of ether oxygens (including phenoxy) is 1. The lowest BCUT2D eigenvalue weighted by Crippen LogP contribution is -2.46. The summed E-state index contributed by atoms with van der Waals surface area (Å²) in [5.74, 6) is -3.66. The molecule has 1 fully saturated rings. The number of carbonyl (C=O) groups is 3. The van der Waals surface area contributed by atoms with E-state index in [1.165, 1.54) is 20.8 Å². The minimum Gasteiger partial charge on any atom is -0.481 e. The summed E-state index contributed by atoms with van der Waals surface area (Å²) in [5, 5.41) is 32.9. The zero-order chi connectivity index (χ0) is 28.3. The fraction of sp³-hybridized carbons (Fsp3) is 0.704. The van der Waals surface area contributed by atoms with Crippen molar-refractivity contribution in [3.8, 4) is 0 Å². The van der Waals surface area contributed by atoms with Gasteiger partial charge in [0.2, 0.25) is 0 Å². The van der Waals surface area contributed by atoms with Gasteiger partial charge in [0.05, 0.1) is 46.5 Å². The predicted molar refractivity (Wildman–Crippen MR) is 142 cm³/mol. The van der Waals surface area contributed by atoms with Crippen molar-refractivity contribution in [2.75, 3.05) is 0 Å². The van der Waals surface area contributed by atoms with Crippen molar-refractivity contribution in [1.29, 1.82) is 0 Å². The number of aliphatic hydroxyl groups is 2. The van der Waals surface area contributed by atoms with Gasteiger partial charge in [-0.15, -0.1) is 11.3 Å². The van der Waals surface area contributed by atoms with Crippen LogP contribution < -0.4 is 5.73 Å². The standard InChI is InChI=1S/C27H42N2O7S/c1-14(10-18-13-37-17(4)29-18)19(28)11-22-27(7,36-22)9-8-20(30)15(2)24(34)16(3)25(35)26(5,6)21(31)12-23(32)33/h10,13,15-16,19,21-22,24,31,34H,8-9,11-12,28H2,1-7H3,(H,32,33)/t15-,16+,19-,21-,22-,24-,27+/m0/s1. The molecule has 0 spiro atoms. The number of epoxide rings is 1. The average molecular weight is 539 g/mol. The first-order valence-corrected chi connectivity index (χ1v) is 13.6. The fourth-order valence-corrected chi connectivity index (χ4v) is 5.13. The molecule has 0 amide bonds. The molecule has 37 heavy (non-hydrogen) atoms. The van der Waals surface area contributed by atoms with Gasteiger partial charge in [-0.1, -0.05) is 33.3 Å². The van der Waals surface area contributed by atoms with Gasteiger partial charge < -0.3 is 25.8 Å². The highest BCUT2D eigenvalue weighted by Crippen LogP contribution is 2.43. The smallest absolute Gasteiger partial charge is 0.306 e. The van der Waals surface area contributed by atoms with Gasteiger partial charge in [-0.25, -0.2) is 4.98 Å². The van der Waals surface area contributed by atoms with Gasteiger partial charge in [0.1, 0.15) is 11.6 Å². The van der Waals surface area contributed by atoms with E-state index in [0.717, 1.165) is 16.3 Å². The molecule has 10 heteroatoms. The lowest BCUT2D eigenvalue weighted by molar-refractivity contribution is -0.147. The first kappa shape index (κ1) is 31.2. The number of aryl methyl sites for hydroxylation is 1. The Morgan fingerprint density at radius 3 is 2.43 bits per heavy atom. The molecular weight excluding hydrogens is 496 g/mol. The van der Waals surface area contributed by atoms with Crippen molar-refractivity contribution in [3.05, 3.63) is 21.7 Å². The van der Waals surface area contributed by atoms with Gasteiger partial charge in [0, 0.05) is 29.7 Å². The lowest BCUT2D eigenvalue weighted by atomic mass is 9.73. The van der Waals surface area contributed by atoms with Crippen molar-refractivity contribution in [2.24, 2.45) is 23.0 Å². The Labute approximate surface area is 223 Å². The normalized spacial score (nSPS) is 24.2. The van der Waals surface area contributed by atoms with Gasteiger partial charge in [-0.2, -0.15) is 0 Å². The predicted octanol–water partition coefficient (Wildman–Crippen LogP) is 3.14. The summed E-state index contributed by atoms with van der Waals surface area (Å²) in [6, 6.07) is -0.197. The number of aliphatic carboxylic acids is 1. The van der Waals surface area contributed by atoms with Gasteiger partial charge in [-0.05, 0) is 39.7 Å². The molecule has 2 heterocycles. The summed E-state index contributed by atoms with van der Waals surface area (Å²) in [4.78, 5) is 41.2. The Morgan fingerprint density at radius 2 is 1.89 bits per heavy atom. The number of hydrogen-bond donors (Lipinski definition) is 4. The van der Waals surface area contributed by atoms with Gasteiger partial charge in [-0.3, -0.25) is 14.4 Å². The molecule has 0 unspecified atom stereocenters. The summed E-state index contributed by atoms with van der Waals surface area (Å²) in [6.45, 7) is 11.8. The van der Waals surface area contributed by atoms with E-state index < -0.39 is 53.2 Å². The maximum Gasteiger partial charge on any atom is 0.306 e. The SMILES string of the molecule is CC(=Cc1csc(C)n1)[C@@H](N)C[C@@H]1O[C@]1(C)CCC(=O)[C@H](C)[C@H](O)[C@@H](C)C(=O)C(C)(C)[C@@H](O)CC(=O)O. The van der Waals surface area contributed by atoms with Crippen LogP contribution in [0.15, 0.2) is 11.0 Å². The molecule has 0 aromatic carbocycles. The van der Waals surface area contributed by atoms with Gasteiger partial charge >= 0.3 is 5.97 Å². The van der Waals surface area contributed by atoms with Crippen molar-refractivity contribution < 1.29 is 34.4 Å². The highest BCUT2D eigenvalue weighted by atomic mass is 32.1. The van der Waals surface area contributed by atoms with Crippen LogP contribution in [0.2, 0.25) is 0 Å². The molecule has 1 saturated heterocycles. The zero-order valence-electron chi connectivity index (χ0n) is 22.9.